The van der Waals surface area contributed by atoms with Crippen LogP contribution in [0.25, 0.3) is 10.9 Å². The first-order chi connectivity index (χ1) is 14.2. The molecule has 2 aromatic carbocycles. The zero-order valence-corrected chi connectivity index (χ0v) is 17.1. The Morgan fingerprint density at radius 3 is 2.66 bits per heavy atom. The van der Waals surface area contributed by atoms with Crippen LogP contribution in [-0.4, -0.2) is 24.5 Å². The Bertz CT molecular complexity index is 939. The van der Waals surface area contributed by atoms with Gasteiger partial charge in [-0.3, -0.25) is 4.79 Å². The topological polar surface area (TPSA) is 54.1 Å². The van der Waals surface area contributed by atoms with E-state index in [-0.39, 0.29) is 11.8 Å². The second-order valence-electron chi connectivity index (χ2n) is 8.11. The number of benzene rings is 2. The van der Waals surface area contributed by atoms with E-state index in [2.05, 4.69) is 46.8 Å². The van der Waals surface area contributed by atoms with E-state index in [0.717, 1.165) is 23.6 Å². The molecule has 1 aliphatic carbocycles. The summed E-state index contributed by atoms with van der Waals surface area (Å²) in [6.07, 6.45) is 8.96. The Hall–Kier alpha value is -2.75. The molecular formula is C25H30N2O2. The van der Waals surface area contributed by atoms with Crippen LogP contribution in [-0.2, 0) is 4.79 Å². The van der Waals surface area contributed by atoms with Crippen molar-refractivity contribution in [1.82, 2.24) is 10.3 Å². The lowest BCUT2D eigenvalue weighted by Crippen LogP contribution is -2.29. The van der Waals surface area contributed by atoms with E-state index in [9.17, 15) is 4.79 Å². The summed E-state index contributed by atoms with van der Waals surface area (Å²) in [5.41, 5.74) is 3.50. The van der Waals surface area contributed by atoms with Gasteiger partial charge in [-0.2, -0.15) is 0 Å². The molecule has 0 bridgehead atoms. The number of carbonyl (C=O) groups is 1. The lowest BCUT2D eigenvalue weighted by Gasteiger charge is -2.19. The van der Waals surface area contributed by atoms with Crippen LogP contribution in [0.2, 0.25) is 0 Å². The van der Waals surface area contributed by atoms with E-state index in [0.29, 0.717) is 13.0 Å². The molecule has 1 saturated carbocycles. The maximum Gasteiger partial charge on any atom is 0.220 e. The summed E-state index contributed by atoms with van der Waals surface area (Å²) in [6, 6.07) is 16.5. The lowest BCUT2D eigenvalue weighted by atomic mass is 9.90. The molecule has 4 heteroatoms. The van der Waals surface area contributed by atoms with Gasteiger partial charge in [0.15, 0.2) is 0 Å². The number of fused-ring (bicyclic) bond motifs is 1. The van der Waals surface area contributed by atoms with Gasteiger partial charge in [0.05, 0.1) is 7.11 Å². The van der Waals surface area contributed by atoms with Crippen LogP contribution in [0.3, 0.4) is 0 Å². The molecule has 1 atom stereocenters. The molecule has 1 unspecified atom stereocenters. The molecule has 152 valence electrons. The second-order valence-corrected chi connectivity index (χ2v) is 8.11. The first-order valence-electron chi connectivity index (χ1n) is 10.7. The maximum absolute atomic E-state index is 12.5. The van der Waals surface area contributed by atoms with Crippen molar-refractivity contribution in [2.45, 2.75) is 44.4 Å². The molecule has 0 spiro atoms. The minimum atomic E-state index is 0.0903. The molecule has 1 amide bonds. The van der Waals surface area contributed by atoms with Crippen LogP contribution in [0.1, 0.15) is 55.6 Å². The molecule has 1 aromatic heterocycles. The molecule has 0 saturated heterocycles. The van der Waals surface area contributed by atoms with Gasteiger partial charge < -0.3 is 15.0 Å². The quantitative estimate of drug-likeness (QED) is 0.541. The summed E-state index contributed by atoms with van der Waals surface area (Å²) < 4.78 is 5.31. The monoisotopic (exact) mass is 390 g/mol. The summed E-state index contributed by atoms with van der Waals surface area (Å²) in [6.45, 7) is 0.595. The van der Waals surface area contributed by atoms with Gasteiger partial charge in [-0.05, 0) is 41.7 Å². The molecule has 1 aliphatic rings. The SMILES string of the molecule is COc1ccc(C(CNC(=O)CCC2CCCC2)c2c[nH]c3ccccc23)cc1. The third-order valence-electron chi connectivity index (χ3n) is 6.27. The van der Waals surface area contributed by atoms with Crippen LogP contribution in [0.5, 0.6) is 5.75 Å². The highest BCUT2D eigenvalue weighted by molar-refractivity contribution is 5.84. The zero-order chi connectivity index (χ0) is 20.1. The number of para-hydroxylation sites is 1. The number of carbonyl (C=O) groups excluding carboxylic acids is 1. The third-order valence-corrected chi connectivity index (χ3v) is 6.27. The van der Waals surface area contributed by atoms with Gasteiger partial charge in [-0.15, -0.1) is 0 Å². The van der Waals surface area contributed by atoms with E-state index in [1.165, 1.54) is 42.2 Å². The fourth-order valence-electron chi connectivity index (χ4n) is 4.56. The van der Waals surface area contributed by atoms with Gasteiger partial charge in [0, 0.05) is 36.0 Å². The van der Waals surface area contributed by atoms with Crippen LogP contribution >= 0.6 is 0 Å². The average Bonchev–Trinajstić information content (AvgIpc) is 3.43. The summed E-state index contributed by atoms with van der Waals surface area (Å²) in [5.74, 6) is 1.83. The molecule has 0 aliphatic heterocycles. The van der Waals surface area contributed by atoms with Crippen LogP contribution in [0.15, 0.2) is 54.7 Å². The number of nitrogens with one attached hydrogen (secondary N) is 2. The van der Waals surface area contributed by atoms with Gasteiger partial charge in [-0.1, -0.05) is 56.0 Å². The number of amides is 1. The Balaban J connectivity index is 1.50. The summed E-state index contributed by atoms with van der Waals surface area (Å²) in [5, 5.41) is 4.41. The molecule has 4 rings (SSSR count). The van der Waals surface area contributed by atoms with Crippen LogP contribution < -0.4 is 10.1 Å². The van der Waals surface area contributed by atoms with Gasteiger partial charge in [-0.25, -0.2) is 0 Å². The first kappa shape index (κ1) is 19.6. The Morgan fingerprint density at radius 2 is 1.90 bits per heavy atom. The van der Waals surface area contributed by atoms with Crippen molar-refractivity contribution < 1.29 is 9.53 Å². The number of rotatable bonds is 8. The van der Waals surface area contributed by atoms with Crippen molar-refractivity contribution in [3.05, 3.63) is 65.9 Å². The molecule has 4 nitrogen and oxygen atoms in total. The predicted molar refractivity (Wildman–Crippen MR) is 117 cm³/mol. The number of ether oxygens (including phenoxy) is 1. The minimum absolute atomic E-state index is 0.0903. The molecular weight excluding hydrogens is 360 g/mol. The van der Waals surface area contributed by atoms with Crippen molar-refractivity contribution >= 4 is 16.8 Å². The predicted octanol–water partition coefficient (Wildman–Crippen LogP) is 5.40. The second kappa shape index (κ2) is 9.17. The molecule has 1 fully saturated rings. The number of hydrogen-bond donors (Lipinski definition) is 2. The lowest BCUT2D eigenvalue weighted by molar-refractivity contribution is -0.121. The fraction of sp³-hybridized carbons (Fsp3) is 0.400. The number of aromatic nitrogens is 1. The van der Waals surface area contributed by atoms with Gasteiger partial charge >= 0.3 is 0 Å². The number of methoxy groups -OCH3 is 1. The molecule has 29 heavy (non-hydrogen) atoms. The molecule has 2 N–H and O–H groups in total. The van der Waals surface area contributed by atoms with Gasteiger partial charge in [0.1, 0.15) is 5.75 Å². The third kappa shape index (κ3) is 4.64. The minimum Gasteiger partial charge on any atom is -0.497 e. The van der Waals surface area contributed by atoms with Crippen molar-refractivity contribution in [3.63, 3.8) is 0 Å². The zero-order valence-electron chi connectivity index (χ0n) is 17.1. The van der Waals surface area contributed by atoms with Gasteiger partial charge in [0.25, 0.3) is 0 Å². The maximum atomic E-state index is 12.5. The van der Waals surface area contributed by atoms with E-state index < -0.39 is 0 Å². The highest BCUT2D eigenvalue weighted by atomic mass is 16.5. The number of hydrogen-bond acceptors (Lipinski definition) is 2. The van der Waals surface area contributed by atoms with Crippen LogP contribution in [0, 0.1) is 5.92 Å². The van der Waals surface area contributed by atoms with Crippen molar-refractivity contribution in [1.29, 1.82) is 0 Å². The Kier molecular flexibility index (Phi) is 6.18. The first-order valence-corrected chi connectivity index (χ1v) is 10.7. The molecule has 1 heterocycles. The number of aromatic amines is 1. The molecule has 3 aromatic rings. The highest BCUT2D eigenvalue weighted by Gasteiger charge is 2.20. The van der Waals surface area contributed by atoms with Crippen molar-refractivity contribution in [2.24, 2.45) is 5.92 Å². The standard InChI is InChI=1S/C25H30N2O2/c1-29-20-13-11-19(12-14-20)22(23-17-26-24-9-5-4-8-21(23)24)16-27-25(28)15-10-18-6-2-3-7-18/h4-5,8-9,11-14,17-18,22,26H,2-3,6-7,10,15-16H2,1H3,(H,27,28). The van der Waals surface area contributed by atoms with E-state index >= 15 is 0 Å². The summed E-state index contributed by atoms with van der Waals surface area (Å²) in [4.78, 5) is 15.9. The van der Waals surface area contributed by atoms with Gasteiger partial charge in [0.2, 0.25) is 5.91 Å². The van der Waals surface area contributed by atoms with E-state index in [1.54, 1.807) is 7.11 Å². The Morgan fingerprint density at radius 1 is 1.14 bits per heavy atom. The highest BCUT2D eigenvalue weighted by Crippen LogP contribution is 2.32. The van der Waals surface area contributed by atoms with Crippen molar-refractivity contribution in [2.75, 3.05) is 13.7 Å². The van der Waals surface area contributed by atoms with E-state index in [1.807, 2.05) is 18.2 Å². The fourth-order valence-corrected chi connectivity index (χ4v) is 4.56. The van der Waals surface area contributed by atoms with E-state index in [4.69, 9.17) is 4.74 Å². The van der Waals surface area contributed by atoms with Crippen LogP contribution in [0.4, 0.5) is 0 Å². The normalized spacial score (nSPS) is 15.5. The smallest absolute Gasteiger partial charge is 0.220 e. The van der Waals surface area contributed by atoms with Crippen molar-refractivity contribution in [3.8, 4) is 5.75 Å². The molecule has 0 radical (unpaired) electrons. The largest absolute Gasteiger partial charge is 0.497 e. The Labute approximate surface area is 172 Å². The number of H-pyrrole nitrogens is 1. The summed E-state index contributed by atoms with van der Waals surface area (Å²) >= 11 is 0. The average molecular weight is 391 g/mol. The summed E-state index contributed by atoms with van der Waals surface area (Å²) in [7, 11) is 1.68.